The summed E-state index contributed by atoms with van der Waals surface area (Å²) in [5, 5.41) is 3.64. The molecular weight excluding hydrogens is 172 g/mol. The number of fused-ring (bicyclic) bond motifs is 1. The molecule has 80 valence electrons. The van der Waals surface area contributed by atoms with Crippen molar-refractivity contribution in [3.8, 4) is 0 Å². The smallest absolute Gasteiger partial charge is 0.0117 e. The lowest BCUT2D eigenvalue weighted by Crippen LogP contribution is -2.52. The van der Waals surface area contributed by atoms with E-state index in [-0.39, 0.29) is 0 Å². The van der Waals surface area contributed by atoms with Gasteiger partial charge in [0.1, 0.15) is 0 Å². The zero-order valence-corrected chi connectivity index (χ0v) is 9.21. The molecule has 3 heterocycles. The Morgan fingerprint density at radius 2 is 2.00 bits per heavy atom. The molecule has 4 rings (SSSR count). The van der Waals surface area contributed by atoms with E-state index in [9.17, 15) is 0 Å². The van der Waals surface area contributed by atoms with Crippen LogP contribution in [0.3, 0.4) is 0 Å². The first-order valence-corrected chi connectivity index (χ1v) is 6.33. The number of hydrogen-bond acceptors (Lipinski definition) is 2. The van der Waals surface area contributed by atoms with Crippen molar-refractivity contribution in [3.63, 3.8) is 0 Å². The van der Waals surface area contributed by atoms with Gasteiger partial charge in [-0.2, -0.15) is 0 Å². The lowest BCUT2D eigenvalue weighted by Gasteiger charge is -2.45. The van der Waals surface area contributed by atoms with Crippen molar-refractivity contribution in [2.45, 2.75) is 44.7 Å². The van der Waals surface area contributed by atoms with E-state index < -0.39 is 0 Å². The molecule has 4 unspecified atom stereocenters. The van der Waals surface area contributed by atoms with Crippen LogP contribution in [-0.2, 0) is 0 Å². The third-order valence-corrected chi connectivity index (χ3v) is 4.73. The largest absolute Gasteiger partial charge is 0.313 e. The lowest BCUT2D eigenvalue weighted by atomic mass is 9.69. The predicted octanol–water partition coefficient (Wildman–Crippen LogP) is 1.47. The highest BCUT2D eigenvalue weighted by Gasteiger charge is 2.50. The van der Waals surface area contributed by atoms with E-state index in [1.54, 1.807) is 0 Å². The Balaban J connectivity index is 1.61. The second kappa shape index (κ2) is 3.49. The summed E-state index contributed by atoms with van der Waals surface area (Å²) in [5.41, 5.74) is 0. The maximum Gasteiger partial charge on any atom is 0.0117 e. The van der Waals surface area contributed by atoms with E-state index in [4.69, 9.17) is 0 Å². The molecule has 3 saturated heterocycles. The molecule has 0 aromatic carbocycles. The second-order valence-corrected chi connectivity index (χ2v) is 5.43. The van der Waals surface area contributed by atoms with E-state index in [1.165, 1.54) is 45.3 Å². The van der Waals surface area contributed by atoms with Gasteiger partial charge in [0.25, 0.3) is 0 Å². The first-order chi connectivity index (χ1) is 6.86. The molecule has 0 spiro atoms. The summed E-state index contributed by atoms with van der Waals surface area (Å²) >= 11 is 0. The van der Waals surface area contributed by atoms with Crippen LogP contribution in [0.5, 0.6) is 0 Å². The molecule has 1 saturated carbocycles. The van der Waals surface area contributed by atoms with Crippen LogP contribution in [-0.4, -0.2) is 36.6 Å². The third-order valence-electron chi connectivity index (χ3n) is 4.73. The van der Waals surface area contributed by atoms with Crippen LogP contribution in [0.25, 0.3) is 0 Å². The average molecular weight is 194 g/mol. The van der Waals surface area contributed by atoms with E-state index in [1.807, 2.05) is 0 Å². The highest BCUT2D eigenvalue weighted by Crippen LogP contribution is 2.43. The van der Waals surface area contributed by atoms with Gasteiger partial charge in [-0.1, -0.05) is 6.42 Å². The Morgan fingerprint density at radius 3 is 2.57 bits per heavy atom. The van der Waals surface area contributed by atoms with Crippen LogP contribution < -0.4 is 5.32 Å². The number of piperidine rings is 1. The number of likely N-dealkylation sites (tertiary alicyclic amines) is 1. The zero-order valence-electron chi connectivity index (χ0n) is 9.21. The predicted molar refractivity (Wildman–Crippen MR) is 58.3 cm³/mol. The molecule has 0 radical (unpaired) electrons. The third kappa shape index (κ3) is 1.31. The van der Waals surface area contributed by atoms with Crippen LogP contribution in [0.4, 0.5) is 0 Å². The molecule has 2 bridgehead atoms. The van der Waals surface area contributed by atoms with E-state index in [0.717, 1.165) is 23.9 Å². The Morgan fingerprint density at radius 1 is 1.21 bits per heavy atom. The molecule has 4 fully saturated rings. The second-order valence-electron chi connectivity index (χ2n) is 5.43. The topological polar surface area (TPSA) is 15.3 Å². The van der Waals surface area contributed by atoms with Crippen LogP contribution in [0, 0.1) is 11.8 Å². The van der Waals surface area contributed by atoms with Gasteiger partial charge in [-0.25, -0.2) is 0 Å². The van der Waals surface area contributed by atoms with Gasteiger partial charge in [-0.15, -0.1) is 0 Å². The molecule has 0 aromatic rings. The molecule has 0 aromatic heterocycles. The summed E-state index contributed by atoms with van der Waals surface area (Å²) in [4.78, 5) is 2.74. The molecule has 1 aliphatic carbocycles. The Kier molecular flexibility index (Phi) is 2.29. The summed E-state index contributed by atoms with van der Waals surface area (Å²) in [7, 11) is 0. The first kappa shape index (κ1) is 9.17. The number of rotatable bonds is 2. The van der Waals surface area contributed by atoms with E-state index in [0.29, 0.717) is 0 Å². The molecule has 4 aliphatic rings. The highest BCUT2D eigenvalue weighted by atomic mass is 15.2. The molecule has 2 nitrogen and oxygen atoms in total. The Hall–Kier alpha value is -0.0800. The molecule has 2 heteroatoms. The molecule has 4 atom stereocenters. The van der Waals surface area contributed by atoms with Gasteiger partial charge in [0, 0.05) is 12.1 Å². The molecule has 0 amide bonds. The van der Waals surface area contributed by atoms with Gasteiger partial charge in [-0.3, -0.25) is 0 Å². The fourth-order valence-electron chi connectivity index (χ4n) is 3.81. The van der Waals surface area contributed by atoms with Gasteiger partial charge in [0.05, 0.1) is 0 Å². The minimum Gasteiger partial charge on any atom is -0.313 e. The number of nitrogens with zero attached hydrogens (tertiary/aromatic N) is 1. The minimum atomic E-state index is 0.842. The van der Waals surface area contributed by atoms with Crippen LogP contribution >= 0.6 is 0 Å². The fraction of sp³-hybridized carbons (Fsp3) is 1.00. The van der Waals surface area contributed by atoms with Crippen LogP contribution in [0.2, 0.25) is 0 Å². The van der Waals surface area contributed by atoms with Crippen molar-refractivity contribution in [1.29, 1.82) is 0 Å². The van der Waals surface area contributed by atoms with Crippen molar-refractivity contribution < 1.29 is 0 Å². The van der Waals surface area contributed by atoms with Gasteiger partial charge in [0.15, 0.2) is 0 Å². The van der Waals surface area contributed by atoms with Crippen molar-refractivity contribution in [2.75, 3.05) is 19.6 Å². The van der Waals surface area contributed by atoms with Gasteiger partial charge >= 0.3 is 0 Å². The summed E-state index contributed by atoms with van der Waals surface area (Å²) in [6.45, 7) is 6.48. The fourth-order valence-corrected chi connectivity index (χ4v) is 3.81. The average Bonchev–Trinajstić information content (AvgIpc) is 2.81. The summed E-state index contributed by atoms with van der Waals surface area (Å²) in [6, 6.07) is 1.71. The normalized spacial score (nSPS) is 44.8. The van der Waals surface area contributed by atoms with Crippen molar-refractivity contribution in [3.05, 3.63) is 0 Å². The lowest BCUT2D eigenvalue weighted by molar-refractivity contribution is 0.0579. The van der Waals surface area contributed by atoms with Crippen molar-refractivity contribution in [2.24, 2.45) is 11.8 Å². The van der Waals surface area contributed by atoms with Crippen LogP contribution in [0.1, 0.15) is 32.6 Å². The minimum absolute atomic E-state index is 0.842. The molecular formula is C12H22N2. The maximum absolute atomic E-state index is 3.64. The van der Waals surface area contributed by atoms with E-state index >= 15 is 0 Å². The summed E-state index contributed by atoms with van der Waals surface area (Å²) in [6.07, 6.45) is 5.78. The Bertz CT molecular complexity index is 196. The standard InChI is InChI=1S/C12H22N2/c1-9(14-5-3-2-4-6-14)12-10-7-11(12)13-8-10/h9-13H,2-8H2,1H3. The molecule has 1 N–H and O–H groups in total. The van der Waals surface area contributed by atoms with Crippen LogP contribution in [0.15, 0.2) is 0 Å². The summed E-state index contributed by atoms with van der Waals surface area (Å²) < 4.78 is 0. The van der Waals surface area contributed by atoms with Gasteiger partial charge in [0.2, 0.25) is 0 Å². The summed E-state index contributed by atoms with van der Waals surface area (Å²) in [5.74, 6) is 1.99. The molecule has 14 heavy (non-hydrogen) atoms. The molecule has 3 aliphatic heterocycles. The van der Waals surface area contributed by atoms with Gasteiger partial charge < -0.3 is 10.2 Å². The zero-order chi connectivity index (χ0) is 9.54. The van der Waals surface area contributed by atoms with Gasteiger partial charge in [-0.05, 0) is 57.7 Å². The monoisotopic (exact) mass is 194 g/mol. The Labute approximate surface area is 87.0 Å². The van der Waals surface area contributed by atoms with E-state index in [2.05, 4.69) is 17.1 Å². The quantitative estimate of drug-likeness (QED) is 0.716. The highest BCUT2D eigenvalue weighted by molar-refractivity contribution is 5.06. The van der Waals surface area contributed by atoms with Crippen molar-refractivity contribution in [1.82, 2.24) is 10.2 Å². The van der Waals surface area contributed by atoms with Crippen molar-refractivity contribution >= 4 is 0 Å². The number of nitrogens with one attached hydrogen (secondary N) is 1. The SMILES string of the molecule is CC(C1C2CNC1C2)N1CCCCC1. The maximum atomic E-state index is 3.64. The number of hydrogen-bond donors (Lipinski definition) is 1. The first-order valence-electron chi connectivity index (χ1n) is 6.33.